The fourth-order valence-electron chi connectivity index (χ4n) is 1.98. The molecule has 2 heteroatoms. The third-order valence-electron chi connectivity index (χ3n) is 3.03. The van der Waals surface area contributed by atoms with Crippen molar-refractivity contribution in [2.24, 2.45) is 5.73 Å². The van der Waals surface area contributed by atoms with Crippen LogP contribution in [0.25, 0.3) is 0 Å². The van der Waals surface area contributed by atoms with Crippen molar-refractivity contribution in [1.82, 2.24) is 0 Å². The zero-order valence-electron chi connectivity index (χ0n) is 8.97. The fraction of sp³-hybridized carbons (Fsp3) is 0.818. The lowest BCUT2D eigenvalue weighted by atomic mass is 9.87. The Morgan fingerprint density at radius 2 is 2.23 bits per heavy atom. The number of methoxy groups -OCH3 is 1. The first-order chi connectivity index (χ1) is 6.16. The van der Waals surface area contributed by atoms with Gasteiger partial charge in [-0.05, 0) is 38.7 Å². The lowest BCUT2D eigenvalue weighted by molar-refractivity contribution is 0.108. The molecule has 1 aliphatic rings. The monoisotopic (exact) mass is 183 g/mol. The van der Waals surface area contributed by atoms with E-state index in [1.807, 2.05) is 6.92 Å². The van der Waals surface area contributed by atoms with Crippen molar-refractivity contribution in [3.05, 3.63) is 11.1 Å². The maximum Gasteiger partial charge on any atom is 0.0784 e. The molecular weight excluding hydrogens is 162 g/mol. The Bertz CT molecular complexity index is 196. The number of ether oxygens (including phenoxy) is 1. The molecule has 1 fully saturated rings. The normalized spacial score (nSPS) is 30.0. The van der Waals surface area contributed by atoms with Gasteiger partial charge in [0.15, 0.2) is 0 Å². The van der Waals surface area contributed by atoms with E-state index in [4.69, 9.17) is 10.5 Å². The van der Waals surface area contributed by atoms with Gasteiger partial charge in [-0.1, -0.05) is 12.0 Å². The number of hydrogen-bond acceptors (Lipinski definition) is 2. The molecule has 2 unspecified atom stereocenters. The molecule has 1 rings (SSSR count). The minimum absolute atomic E-state index is 0.172. The van der Waals surface area contributed by atoms with Gasteiger partial charge in [0.25, 0.3) is 0 Å². The van der Waals surface area contributed by atoms with Crippen LogP contribution in [-0.2, 0) is 4.74 Å². The molecule has 0 aliphatic heterocycles. The molecule has 0 aromatic rings. The molecule has 0 amide bonds. The van der Waals surface area contributed by atoms with Crippen LogP contribution < -0.4 is 5.73 Å². The quantitative estimate of drug-likeness (QED) is 0.666. The van der Waals surface area contributed by atoms with Gasteiger partial charge in [-0.25, -0.2) is 0 Å². The van der Waals surface area contributed by atoms with E-state index in [-0.39, 0.29) is 6.04 Å². The van der Waals surface area contributed by atoms with E-state index in [2.05, 4.69) is 6.92 Å². The fourth-order valence-corrected chi connectivity index (χ4v) is 1.98. The largest absolute Gasteiger partial charge is 0.377 e. The summed E-state index contributed by atoms with van der Waals surface area (Å²) in [4.78, 5) is 0. The molecule has 1 aliphatic carbocycles. The van der Waals surface area contributed by atoms with Crippen LogP contribution >= 0.6 is 0 Å². The Morgan fingerprint density at radius 3 is 2.77 bits per heavy atom. The second-order valence-corrected chi connectivity index (χ2v) is 3.97. The van der Waals surface area contributed by atoms with E-state index in [0.717, 1.165) is 6.42 Å². The average molecular weight is 183 g/mol. The first-order valence-corrected chi connectivity index (χ1v) is 5.14. The molecule has 1 saturated carbocycles. The number of rotatable bonds is 2. The van der Waals surface area contributed by atoms with Gasteiger partial charge < -0.3 is 10.5 Å². The summed E-state index contributed by atoms with van der Waals surface area (Å²) in [6.07, 6.45) is 5.25. The van der Waals surface area contributed by atoms with Gasteiger partial charge in [-0.15, -0.1) is 0 Å². The third-order valence-corrected chi connectivity index (χ3v) is 3.03. The second-order valence-electron chi connectivity index (χ2n) is 3.97. The highest BCUT2D eigenvalue weighted by Gasteiger charge is 2.20. The second kappa shape index (κ2) is 4.77. The van der Waals surface area contributed by atoms with Gasteiger partial charge in [0.1, 0.15) is 0 Å². The predicted octanol–water partition coefficient (Wildman–Crippen LogP) is 2.24. The summed E-state index contributed by atoms with van der Waals surface area (Å²) in [5.41, 5.74) is 8.64. The third kappa shape index (κ3) is 2.55. The van der Waals surface area contributed by atoms with Crippen LogP contribution in [0.5, 0.6) is 0 Å². The molecule has 13 heavy (non-hydrogen) atoms. The predicted molar refractivity (Wildman–Crippen MR) is 55.6 cm³/mol. The molecule has 0 saturated heterocycles. The molecule has 2 atom stereocenters. The maximum absolute atomic E-state index is 5.87. The molecular formula is C11H21NO. The Hall–Kier alpha value is -0.340. The molecule has 0 aromatic heterocycles. The van der Waals surface area contributed by atoms with Crippen molar-refractivity contribution in [2.45, 2.75) is 51.7 Å². The zero-order valence-corrected chi connectivity index (χ0v) is 8.97. The van der Waals surface area contributed by atoms with Crippen LogP contribution in [0.15, 0.2) is 11.1 Å². The Morgan fingerprint density at radius 1 is 1.54 bits per heavy atom. The topological polar surface area (TPSA) is 35.2 Å². The summed E-state index contributed by atoms with van der Waals surface area (Å²) in [5.74, 6) is 0. The molecule has 0 spiro atoms. The summed E-state index contributed by atoms with van der Waals surface area (Å²) in [7, 11) is 1.80. The smallest absolute Gasteiger partial charge is 0.0784 e. The first kappa shape index (κ1) is 10.7. The van der Waals surface area contributed by atoms with Crippen LogP contribution in [0, 0.1) is 0 Å². The minimum Gasteiger partial charge on any atom is -0.377 e. The highest BCUT2D eigenvalue weighted by atomic mass is 16.5. The van der Waals surface area contributed by atoms with Crippen LogP contribution in [0.2, 0.25) is 0 Å². The maximum atomic E-state index is 5.87. The van der Waals surface area contributed by atoms with Gasteiger partial charge in [0, 0.05) is 13.2 Å². The summed E-state index contributed by atoms with van der Waals surface area (Å²) in [5, 5.41) is 0. The first-order valence-electron chi connectivity index (χ1n) is 5.14. The van der Waals surface area contributed by atoms with Crippen LogP contribution in [0.4, 0.5) is 0 Å². The van der Waals surface area contributed by atoms with Crippen molar-refractivity contribution in [3.8, 4) is 0 Å². The summed E-state index contributed by atoms with van der Waals surface area (Å²) < 4.78 is 5.46. The number of nitrogens with two attached hydrogens (primary N) is 1. The Kier molecular flexibility index (Phi) is 3.94. The number of hydrogen-bond donors (Lipinski definition) is 1. The molecule has 2 N–H and O–H groups in total. The van der Waals surface area contributed by atoms with E-state index < -0.39 is 0 Å². The van der Waals surface area contributed by atoms with Crippen molar-refractivity contribution in [1.29, 1.82) is 0 Å². The van der Waals surface area contributed by atoms with E-state index in [1.165, 1.54) is 30.4 Å². The van der Waals surface area contributed by atoms with E-state index >= 15 is 0 Å². The van der Waals surface area contributed by atoms with Gasteiger partial charge in [-0.3, -0.25) is 0 Å². The molecule has 0 bridgehead atoms. The SMILES string of the molecule is COC1CCCC/C1=C(/C)C(C)N. The van der Waals surface area contributed by atoms with Crippen LogP contribution in [-0.4, -0.2) is 19.3 Å². The standard InChI is InChI=1S/C11H21NO/c1-8(9(2)12)10-6-4-5-7-11(10)13-3/h9,11H,4-7,12H2,1-3H3/b10-8+. The Labute approximate surface area is 81.1 Å². The molecule has 76 valence electrons. The van der Waals surface area contributed by atoms with Gasteiger partial charge in [0.05, 0.1) is 6.10 Å². The van der Waals surface area contributed by atoms with Crippen LogP contribution in [0.3, 0.4) is 0 Å². The van der Waals surface area contributed by atoms with E-state index in [0.29, 0.717) is 6.10 Å². The van der Waals surface area contributed by atoms with Crippen molar-refractivity contribution >= 4 is 0 Å². The summed E-state index contributed by atoms with van der Waals surface area (Å²) in [6, 6.07) is 0.172. The molecule has 0 aromatic carbocycles. The van der Waals surface area contributed by atoms with Gasteiger partial charge in [0.2, 0.25) is 0 Å². The van der Waals surface area contributed by atoms with Gasteiger partial charge in [-0.2, -0.15) is 0 Å². The minimum atomic E-state index is 0.172. The summed E-state index contributed by atoms with van der Waals surface area (Å²) in [6.45, 7) is 4.18. The highest BCUT2D eigenvalue weighted by Crippen LogP contribution is 2.28. The van der Waals surface area contributed by atoms with E-state index in [9.17, 15) is 0 Å². The van der Waals surface area contributed by atoms with Crippen molar-refractivity contribution in [3.63, 3.8) is 0 Å². The molecule has 2 nitrogen and oxygen atoms in total. The molecule has 0 radical (unpaired) electrons. The zero-order chi connectivity index (χ0) is 9.84. The van der Waals surface area contributed by atoms with E-state index in [1.54, 1.807) is 7.11 Å². The van der Waals surface area contributed by atoms with Crippen LogP contribution in [0.1, 0.15) is 39.5 Å². The van der Waals surface area contributed by atoms with Crippen molar-refractivity contribution < 1.29 is 4.74 Å². The summed E-state index contributed by atoms with van der Waals surface area (Å²) >= 11 is 0. The van der Waals surface area contributed by atoms with Crippen molar-refractivity contribution in [2.75, 3.05) is 7.11 Å². The lowest BCUT2D eigenvalue weighted by Crippen LogP contribution is -2.25. The molecule has 0 heterocycles. The lowest BCUT2D eigenvalue weighted by Gasteiger charge is -2.27. The highest BCUT2D eigenvalue weighted by molar-refractivity contribution is 5.22. The van der Waals surface area contributed by atoms with Gasteiger partial charge >= 0.3 is 0 Å². The average Bonchev–Trinajstić information content (AvgIpc) is 2.16. The Balaban J connectivity index is 2.79.